The van der Waals surface area contributed by atoms with Crippen LogP contribution in [0.2, 0.25) is 0 Å². The molecular formula is C12H16N2O6S2. The number of carboxylic acid groups (broad SMARTS) is 1. The van der Waals surface area contributed by atoms with E-state index in [2.05, 4.69) is 4.72 Å². The molecule has 0 aromatic carbocycles. The Balaban J connectivity index is 1.96. The van der Waals surface area contributed by atoms with Gasteiger partial charge in [0.2, 0.25) is 5.91 Å². The fourth-order valence-corrected chi connectivity index (χ4v) is 4.06. The lowest BCUT2D eigenvalue weighted by Crippen LogP contribution is -2.53. The summed E-state index contributed by atoms with van der Waals surface area (Å²) in [7, 11) is -3.72. The molecule has 0 saturated carbocycles. The zero-order valence-corrected chi connectivity index (χ0v) is 13.4. The summed E-state index contributed by atoms with van der Waals surface area (Å²) in [4.78, 5) is 24.3. The van der Waals surface area contributed by atoms with Crippen LogP contribution in [0, 0.1) is 0 Å². The third-order valence-corrected chi connectivity index (χ3v) is 5.86. The van der Waals surface area contributed by atoms with Gasteiger partial charge in [-0.05, 0) is 18.4 Å². The molecule has 1 fully saturated rings. The molecule has 1 amide bonds. The summed E-state index contributed by atoms with van der Waals surface area (Å²) in [5.41, 5.74) is 0. The minimum atomic E-state index is -3.72. The van der Waals surface area contributed by atoms with Crippen LogP contribution in [0.4, 0.5) is 0 Å². The third kappa shape index (κ3) is 4.03. The number of aliphatic carboxylic acids is 1. The first-order valence-corrected chi connectivity index (χ1v) is 8.85. The van der Waals surface area contributed by atoms with Gasteiger partial charge in [-0.3, -0.25) is 4.79 Å². The van der Waals surface area contributed by atoms with Crippen LogP contribution in [0.25, 0.3) is 0 Å². The lowest BCUT2D eigenvalue weighted by Gasteiger charge is -2.34. The van der Waals surface area contributed by atoms with E-state index in [1.165, 1.54) is 11.0 Å². The summed E-state index contributed by atoms with van der Waals surface area (Å²) >= 11 is 1.05. The SMILES string of the molecule is C[C@@H]1CN(C(=O)CNS(=O)(=O)c2cccs2)CC(C(=O)O)O1. The molecule has 1 aliphatic rings. The number of ether oxygens (including phenoxy) is 1. The Kier molecular flexibility index (Phi) is 5.16. The van der Waals surface area contributed by atoms with Crippen molar-refractivity contribution >= 4 is 33.2 Å². The molecule has 0 bridgehead atoms. The summed E-state index contributed by atoms with van der Waals surface area (Å²) in [6.45, 7) is 1.37. The van der Waals surface area contributed by atoms with Gasteiger partial charge in [-0.2, -0.15) is 0 Å². The Labute approximate surface area is 131 Å². The number of thiophene rings is 1. The van der Waals surface area contributed by atoms with Gasteiger partial charge in [-0.1, -0.05) is 6.07 Å². The number of rotatable bonds is 5. The Hall–Kier alpha value is -1.49. The molecule has 2 atom stereocenters. The van der Waals surface area contributed by atoms with Gasteiger partial charge in [0, 0.05) is 6.54 Å². The van der Waals surface area contributed by atoms with Crippen molar-refractivity contribution in [1.82, 2.24) is 9.62 Å². The van der Waals surface area contributed by atoms with E-state index >= 15 is 0 Å². The Morgan fingerprint density at radius 3 is 2.82 bits per heavy atom. The maximum atomic E-state index is 12.1. The summed E-state index contributed by atoms with van der Waals surface area (Å²) in [5, 5.41) is 10.6. The fourth-order valence-electron chi connectivity index (χ4n) is 2.05. The predicted octanol–water partition coefficient (Wildman–Crippen LogP) is -0.273. The van der Waals surface area contributed by atoms with Gasteiger partial charge in [0.25, 0.3) is 10.0 Å². The number of carbonyl (C=O) groups excluding carboxylic acids is 1. The minimum Gasteiger partial charge on any atom is -0.479 e. The Bertz CT molecular complexity index is 643. The number of hydrogen-bond donors (Lipinski definition) is 2. The maximum Gasteiger partial charge on any atom is 0.334 e. The monoisotopic (exact) mass is 348 g/mol. The van der Waals surface area contributed by atoms with Crippen LogP contribution in [0.15, 0.2) is 21.7 Å². The molecule has 2 N–H and O–H groups in total. The second-order valence-corrected chi connectivity index (χ2v) is 7.77. The number of nitrogens with one attached hydrogen (secondary N) is 1. The Morgan fingerprint density at radius 1 is 1.50 bits per heavy atom. The van der Waals surface area contributed by atoms with E-state index in [0.29, 0.717) is 0 Å². The highest BCUT2D eigenvalue weighted by Crippen LogP contribution is 2.15. The molecule has 1 aliphatic heterocycles. The van der Waals surface area contributed by atoms with Crippen LogP contribution >= 0.6 is 11.3 Å². The molecule has 1 aromatic rings. The second kappa shape index (κ2) is 6.73. The van der Waals surface area contributed by atoms with E-state index in [1.54, 1.807) is 18.4 Å². The number of nitrogens with zero attached hydrogens (tertiary/aromatic N) is 1. The van der Waals surface area contributed by atoms with Crippen LogP contribution < -0.4 is 4.72 Å². The first kappa shape index (κ1) is 16.9. The summed E-state index contributed by atoms with van der Waals surface area (Å²) in [6, 6.07) is 3.04. The van der Waals surface area contributed by atoms with Gasteiger partial charge in [-0.15, -0.1) is 11.3 Å². The largest absolute Gasteiger partial charge is 0.479 e. The van der Waals surface area contributed by atoms with Gasteiger partial charge in [-0.25, -0.2) is 17.9 Å². The molecule has 0 spiro atoms. The topological polar surface area (TPSA) is 113 Å². The van der Waals surface area contributed by atoms with Crippen molar-refractivity contribution in [3.05, 3.63) is 17.5 Å². The van der Waals surface area contributed by atoms with Crippen LogP contribution in [-0.4, -0.2) is 62.1 Å². The van der Waals surface area contributed by atoms with Crippen molar-refractivity contribution in [2.24, 2.45) is 0 Å². The number of morpholine rings is 1. The molecule has 10 heteroatoms. The molecule has 0 aliphatic carbocycles. The van der Waals surface area contributed by atoms with E-state index in [0.717, 1.165) is 11.3 Å². The van der Waals surface area contributed by atoms with Crippen molar-refractivity contribution in [1.29, 1.82) is 0 Å². The molecule has 22 heavy (non-hydrogen) atoms. The van der Waals surface area contributed by atoms with Crippen LogP contribution in [0.5, 0.6) is 0 Å². The molecular weight excluding hydrogens is 332 g/mol. The van der Waals surface area contributed by atoms with E-state index in [4.69, 9.17) is 9.84 Å². The molecule has 1 unspecified atom stereocenters. The fraction of sp³-hybridized carbons (Fsp3) is 0.500. The molecule has 8 nitrogen and oxygen atoms in total. The molecule has 122 valence electrons. The molecule has 0 radical (unpaired) electrons. The van der Waals surface area contributed by atoms with E-state index in [1.807, 2.05) is 0 Å². The van der Waals surface area contributed by atoms with E-state index in [-0.39, 0.29) is 17.3 Å². The highest BCUT2D eigenvalue weighted by molar-refractivity contribution is 7.91. The lowest BCUT2D eigenvalue weighted by atomic mass is 10.2. The molecule has 1 saturated heterocycles. The summed E-state index contributed by atoms with van der Waals surface area (Å²) in [5.74, 6) is -1.63. The normalized spacial score (nSPS) is 22.5. The van der Waals surface area contributed by atoms with Gasteiger partial charge in [0.15, 0.2) is 6.10 Å². The average molecular weight is 348 g/mol. The highest BCUT2D eigenvalue weighted by atomic mass is 32.2. The maximum absolute atomic E-state index is 12.1. The molecule has 1 aromatic heterocycles. The van der Waals surface area contributed by atoms with Crippen LogP contribution in [0.1, 0.15) is 6.92 Å². The van der Waals surface area contributed by atoms with E-state index in [9.17, 15) is 18.0 Å². The van der Waals surface area contributed by atoms with Gasteiger partial charge < -0.3 is 14.7 Å². The minimum absolute atomic E-state index is 0.0980. The van der Waals surface area contributed by atoms with Crippen molar-refractivity contribution in [2.75, 3.05) is 19.6 Å². The average Bonchev–Trinajstić information content (AvgIpc) is 2.99. The summed E-state index contributed by atoms with van der Waals surface area (Å²) < 4.78 is 31.4. The van der Waals surface area contributed by atoms with Gasteiger partial charge in [0.05, 0.1) is 19.2 Å². The standard InChI is InChI=1S/C12H16N2O6S2/c1-8-6-14(7-9(20-8)12(16)17)10(15)5-13-22(18,19)11-3-2-4-21-11/h2-4,8-9,13H,5-7H2,1H3,(H,16,17)/t8-,9?/m1/s1. The van der Waals surface area contributed by atoms with Crippen molar-refractivity contribution < 1.29 is 27.9 Å². The third-order valence-electron chi connectivity index (χ3n) is 3.06. The molecule has 2 rings (SSSR count). The number of sulfonamides is 1. The highest BCUT2D eigenvalue weighted by Gasteiger charge is 2.32. The second-order valence-electron chi connectivity index (χ2n) is 4.83. The number of amides is 1. The first-order chi connectivity index (χ1) is 10.3. The quantitative estimate of drug-likeness (QED) is 0.757. The Morgan fingerprint density at radius 2 is 2.23 bits per heavy atom. The van der Waals surface area contributed by atoms with Gasteiger partial charge >= 0.3 is 5.97 Å². The zero-order chi connectivity index (χ0) is 16.3. The summed E-state index contributed by atoms with van der Waals surface area (Å²) in [6.07, 6.45) is -1.52. The lowest BCUT2D eigenvalue weighted by molar-refractivity contribution is -0.166. The van der Waals surface area contributed by atoms with E-state index < -0.39 is 40.7 Å². The van der Waals surface area contributed by atoms with Crippen molar-refractivity contribution in [2.45, 2.75) is 23.3 Å². The predicted molar refractivity (Wildman–Crippen MR) is 78.1 cm³/mol. The number of carbonyl (C=O) groups is 2. The van der Waals surface area contributed by atoms with Crippen LogP contribution in [-0.2, 0) is 24.3 Å². The molecule has 2 heterocycles. The zero-order valence-electron chi connectivity index (χ0n) is 11.8. The van der Waals surface area contributed by atoms with Crippen molar-refractivity contribution in [3.63, 3.8) is 0 Å². The smallest absolute Gasteiger partial charge is 0.334 e. The van der Waals surface area contributed by atoms with Crippen LogP contribution in [0.3, 0.4) is 0 Å². The number of hydrogen-bond acceptors (Lipinski definition) is 6. The van der Waals surface area contributed by atoms with Gasteiger partial charge in [0.1, 0.15) is 4.21 Å². The van der Waals surface area contributed by atoms with Crippen molar-refractivity contribution in [3.8, 4) is 0 Å². The first-order valence-electron chi connectivity index (χ1n) is 6.49. The number of carboxylic acids is 1.